The highest BCUT2D eigenvalue weighted by Crippen LogP contribution is 2.28. The van der Waals surface area contributed by atoms with E-state index in [9.17, 15) is 9.59 Å². The summed E-state index contributed by atoms with van der Waals surface area (Å²) in [6.45, 7) is 4.09. The van der Waals surface area contributed by atoms with E-state index in [0.717, 1.165) is 12.8 Å². The third kappa shape index (κ3) is 3.39. The van der Waals surface area contributed by atoms with Crippen molar-refractivity contribution in [3.05, 3.63) is 40.9 Å². The highest BCUT2D eigenvalue weighted by Gasteiger charge is 2.32. The molecular weight excluding hydrogens is 324 g/mol. The summed E-state index contributed by atoms with van der Waals surface area (Å²) in [5.41, 5.74) is 0.350. The summed E-state index contributed by atoms with van der Waals surface area (Å²) in [6, 6.07) is 4.67. The first kappa shape index (κ1) is 14.6. The topological polar surface area (TPSA) is 69.6 Å². The van der Waals surface area contributed by atoms with Gasteiger partial charge in [-0.15, -0.1) is 6.58 Å². The van der Waals surface area contributed by atoms with Crippen molar-refractivity contribution in [2.24, 2.45) is 0 Å². The molecule has 0 heterocycles. The summed E-state index contributed by atoms with van der Waals surface area (Å²) in [5, 5.41) is 11.8. The van der Waals surface area contributed by atoms with E-state index >= 15 is 0 Å². The molecule has 5 nitrogen and oxygen atoms in total. The van der Waals surface area contributed by atoms with E-state index in [1.165, 1.54) is 6.07 Å². The smallest absolute Gasteiger partial charge is 0.337 e. The Morgan fingerprint density at radius 3 is 2.75 bits per heavy atom. The number of carbonyl (C=O) groups excluding carboxylic acids is 1. The number of nitrogens with zero attached hydrogens (tertiary/aromatic N) is 1. The molecule has 0 aromatic heterocycles. The van der Waals surface area contributed by atoms with E-state index < -0.39 is 5.97 Å². The lowest BCUT2D eigenvalue weighted by molar-refractivity contribution is 0.0698. The monoisotopic (exact) mass is 338 g/mol. The lowest BCUT2D eigenvalue weighted by Gasteiger charge is -2.21. The fourth-order valence-electron chi connectivity index (χ4n) is 1.91. The Morgan fingerprint density at radius 2 is 2.20 bits per heavy atom. The molecule has 0 spiro atoms. The van der Waals surface area contributed by atoms with Crippen LogP contribution in [0.1, 0.15) is 23.2 Å². The second-order valence-electron chi connectivity index (χ2n) is 4.60. The molecule has 6 heteroatoms. The lowest BCUT2D eigenvalue weighted by atomic mass is 10.2. The minimum absolute atomic E-state index is 0.0575. The van der Waals surface area contributed by atoms with Gasteiger partial charge in [-0.3, -0.25) is 0 Å². The first-order valence-electron chi connectivity index (χ1n) is 6.24. The fourth-order valence-corrected chi connectivity index (χ4v) is 2.27. The van der Waals surface area contributed by atoms with Gasteiger partial charge in [-0.05, 0) is 31.0 Å². The molecular formula is C14H15BrN2O3. The minimum Gasteiger partial charge on any atom is -0.478 e. The lowest BCUT2D eigenvalue weighted by Crippen LogP contribution is -2.37. The van der Waals surface area contributed by atoms with Crippen LogP contribution in [0.25, 0.3) is 0 Å². The molecule has 0 atom stereocenters. The average Bonchev–Trinajstić information content (AvgIpc) is 3.22. The standard InChI is InChI=1S/C14H15BrN2O3/c1-2-7-17(10-4-5-10)14(20)16-12-6-3-9(15)8-11(12)13(18)19/h2-3,6,8,10H,1,4-5,7H2,(H,16,20)(H,18,19). The maximum absolute atomic E-state index is 12.2. The fraction of sp³-hybridized carbons (Fsp3) is 0.286. The molecule has 0 saturated heterocycles. The predicted octanol–water partition coefficient (Wildman–Crippen LogP) is 3.33. The average molecular weight is 339 g/mol. The van der Waals surface area contributed by atoms with E-state index in [0.29, 0.717) is 16.7 Å². The largest absolute Gasteiger partial charge is 0.478 e. The molecule has 1 fully saturated rings. The number of aromatic carboxylic acids is 1. The zero-order valence-corrected chi connectivity index (χ0v) is 12.4. The van der Waals surface area contributed by atoms with Crippen LogP contribution in [0.15, 0.2) is 35.3 Å². The molecule has 0 aliphatic heterocycles. The number of carboxylic acids is 1. The van der Waals surface area contributed by atoms with Crippen molar-refractivity contribution in [1.82, 2.24) is 4.90 Å². The van der Waals surface area contributed by atoms with Gasteiger partial charge in [0.25, 0.3) is 0 Å². The summed E-state index contributed by atoms with van der Waals surface area (Å²) in [4.78, 5) is 25.1. The van der Waals surface area contributed by atoms with Crippen LogP contribution in [-0.4, -0.2) is 34.6 Å². The third-order valence-electron chi connectivity index (χ3n) is 3.03. The van der Waals surface area contributed by atoms with Gasteiger partial charge in [-0.1, -0.05) is 22.0 Å². The number of carboxylic acid groups (broad SMARTS) is 1. The van der Waals surface area contributed by atoms with Crippen LogP contribution in [0.3, 0.4) is 0 Å². The number of hydrogen-bond acceptors (Lipinski definition) is 2. The number of urea groups is 1. The predicted molar refractivity (Wildman–Crippen MR) is 80.0 cm³/mol. The van der Waals surface area contributed by atoms with Gasteiger partial charge in [0, 0.05) is 17.1 Å². The molecule has 2 amide bonds. The summed E-state index contributed by atoms with van der Waals surface area (Å²) in [7, 11) is 0. The number of anilines is 1. The normalized spacial score (nSPS) is 13.7. The van der Waals surface area contributed by atoms with Crippen molar-refractivity contribution in [2.45, 2.75) is 18.9 Å². The van der Waals surface area contributed by atoms with Crippen LogP contribution in [-0.2, 0) is 0 Å². The van der Waals surface area contributed by atoms with Crippen LogP contribution in [0.2, 0.25) is 0 Å². The Hall–Kier alpha value is -1.82. The van der Waals surface area contributed by atoms with Crippen LogP contribution in [0, 0.1) is 0 Å². The molecule has 0 radical (unpaired) electrons. The first-order valence-corrected chi connectivity index (χ1v) is 7.03. The van der Waals surface area contributed by atoms with Gasteiger partial charge in [-0.25, -0.2) is 9.59 Å². The molecule has 2 N–H and O–H groups in total. The number of carbonyl (C=O) groups is 2. The van der Waals surface area contributed by atoms with Crippen LogP contribution in [0.5, 0.6) is 0 Å². The van der Waals surface area contributed by atoms with Crippen molar-refractivity contribution in [3.8, 4) is 0 Å². The van der Waals surface area contributed by atoms with Gasteiger partial charge in [0.15, 0.2) is 0 Å². The summed E-state index contributed by atoms with van der Waals surface area (Å²) in [5.74, 6) is -1.08. The molecule has 0 bridgehead atoms. The summed E-state index contributed by atoms with van der Waals surface area (Å²) < 4.78 is 0.651. The van der Waals surface area contributed by atoms with E-state index in [1.807, 2.05) is 0 Å². The maximum Gasteiger partial charge on any atom is 0.337 e. The van der Waals surface area contributed by atoms with Gasteiger partial charge in [0.05, 0.1) is 11.3 Å². The number of rotatable bonds is 5. The number of hydrogen-bond donors (Lipinski definition) is 2. The van der Waals surface area contributed by atoms with Crippen molar-refractivity contribution in [1.29, 1.82) is 0 Å². The Bertz CT molecular complexity index is 555. The number of nitrogens with one attached hydrogen (secondary N) is 1. The molecule has 1 aliphatic rings. The molecule has 0 unspecified atom stereocenters. The summed E-state index contributed by atoms with van der Waals surface area (Å²) in [6.07, 6.45) is 3.62. The van der Waals surface area contributed by atoms with Crippen molar-refractivity contribution in [2.75, 3.05) is 11.9 Å². The van der Waals surface area contributed by atoms with Gasteiger partial charge in [0.1, 0.15) is 0 Å². The van der Waals surface area contributed by atoms with Crippen molar-refractivity contribution < 1.29 is 14.7 Å². The van der Waals surface area contributed by atoms with Crippen LogP contribution >= 0.6 is 15.9 Å². The SMILES string of the molecule is C=CCN(C(=O)Nc1ccc(Br)cc1C(=O)O)C1CC1. The van der Waals surface area contributed by atoms with Crippen LogP contribution < -0.4 is 5.32 Å². The van der Waals surface area contributed by atoms with E-state index in [-0.39, 0.29) is 17.6 Å². The Morgan fingerprint density at radius 1 is 1.50 bits per heavy atom. The summed E-state index contributed by atoms with van der Waals surface area (Å²) >= 11 is 3.22. The Kier molecular flexibility index (Phi) is 4.44. The second-order valence-corrected chi connectivity index (χ2v) is 5.51. The number of benzene rings is 1. The van der Waals surface area contributed by atoms with E-state index in [2.05, 4.69) is 27.8 Å². The van der Waals surface area contributed by atoms with Crippen LogP contribution in [0.4, 0.5) is 10.5 Å². The highest BCUT2D eigenvalue weighted by molar-refractivity contribution is 9.10. The zero-order valence-electron chi connectivity index (χ0n) is 10.8. The molecule has 1 aromatic carbocycles. The molecule has 2 rings (SSSR count). The third-order valence-corrected chi connectivity index (χ3v) is 3.52. The molecule has 1 aromatic rings. The maximum atomic E-state index is 12.2. The minimum atomic E-state index is -1.08. The van der Waals surface area contributed by atoms with Gasteiger partial charge in [-0.2, -0.15) is 0 Å². The van der Waals surface area contributed by atoms with Gasteiger partial charge >= 0.3 is 12.0 Å². The molecule has 1 aliphatic carbocycles. The molecule has 20 heavy (non-hydrogen) atoms. The van der Waals surface area contributed by atoms with Gasteiger partial charge in [0.2, 0.25) is 0 Å². The highest BCUT2D eigenvalue weighted by atomic mass is 79.9. The molecule has 1 saturated carbocycles. The molecule has 106 valence electrons. The van der Waals surface area contributed by atoms with E-state index in [4.69, 9.17) is 5.11 Å². The first-order chi connectivity index (χ1) is 9.52. The Balaban J connectivity index is 2.18. The second kappa shape index (κ2) is 6.09. The quantitative estimate of drug-likeness (QED) is 0.809. The van der Waals surface area contributed by atoms with E-state index in [1.54, 1.807) is 23.1 Å². The number of halogens is 1. The van der Waals surface area contributed by atoms with Crippen molar-refractivity contribution >= 4 is 33.6 Å². The van der Waals surface area contributed by atoms with Crippen molar-refractivity contribution in [3.63, 3.8) is 0 Å². The Labute approximate surface area is 125 Å². The zero-order chi connectivity index (χ0) is 14.7. The number of amides is 2. The van der Waals surface area contributed by atoms with Gasteiger partial charge < -0.3 is 15.3 Å².